The van der Waals surface area contributed by atoms with E-state index in [1.165, 1.54) is 0 Å². The Morgan fingerprint density at radius 2 is 1.90 bits per heavy atom. The number of hydrogen-bond donors (Lipinski definition) is 2. The Morgan fingerprint density at radius 1 is 1.10 bits per heavy atom. The van der Waals surface area contributed by atoms with Crippen molar-refractivity contribution >= 4 is 37.5 Å². The number of benzene rings is 2. The summed E-state index contributed by atoms with van der Waals surface area (Å²) < 4.78 is 8.61. The standard InChI is InChI=1S/C14H12N4OSe/c15-12(9-5-2-1-3-6-9)14(19)16-10-7-4-8-11-13(10)18-20-17-11/h1-8,12H,15H2,(H,16,19)/t12-/m0/s1. The molecule has 1 amide bonds. The zero-order chi connectivity index (χ0) is 13.9. The van der Waals surface area contributed by atoms with Crippen LogP contribution in [-0.2, 0) is 4.79 Å². The molecular formula is C14H12N4OSe. The predicted octanol–water partition coefficient (Wildman–Crippen LogP) is 2.67. The van der Waals surface area contributed by atoms with Crippen molar-refractivity contribution in [3.63, 3.8) is 0 Å². The second kappa shape index (κ2) is 5.54. The van der Waals surface area contributed by atoms with Crippen molar-refractivity contribution in [3.8, 4) is 0 Å². The fraction of sp³-hybridized carbons (Fsp3) is 0.0714. The second-order valence-corrected chi connectivity index (χ2v) is 5.42. The minimum absolute atomic E-state index is 0.120. The number of anilines is 1. The Labute approximate surface area is 122 Å². The van der Waals surface area contributed by atoms with Crippen LogP contribution < -0.4 is 11.1 Å². The summed E-state index contributed by atoms with van der Waals surface area (Å²) in [6, 6.07) is 14.1. The molecule has 1 atom stereocenters. The van der Waals surface area contributed by atoms with E-state index in [9.17, 15) is 4.79 Å². The summed E-state index contributed by atoms with van der Waals surface area (Å²) in [4.78, 5) is 12.2. The van der Waals surface area contributed by atoms with E-state index in [4.69, 9.17) is 5.73 Å². The van der Waals surface area contributed by atoms with Crippen LogP contribution in [0.2, 0.25) is 0 Å². The molecule has 2 aromatic carbocycles. The molecule has 0 fully saturated rings. The topological polar surface area (TPSA) is 79.8 Å². The minimum atomic E-state index is -0.698. The van der Waals surface area contributed by atoms with E-state index in [0.717, 1.165) is 16.9 Å². The van der Waals surface area contributed by atoms with Gasteiger partial charge < -0.3 is 0 Å². The third kappa shape index (κ3) is 2.49. The molecule has 20 heavy (non-hydrogen) atoms. The van der Waals surface area contributed by atoms with Crippen LogP contribution in [0.25, 0.3) is 0 Å². The van der Waals surface area contributed by atoms with Crippen LogP contribution >= 0.6 is 0 Å². The van der Waals surface area contributed by atoms with Crippen LogP contribution in [0.1, 0.15) is 11.6 Å². The first-order valence-corrected chi connectivity index (χ1v) is 7.61. The molecule has 3 rings (SSSR count). The normalized spacial score (nSPS) is 13.4. The Morgan fingerprint density at radius 3 is 2.70 bits per heavy atom. The first kappa shape index (κ1) is 13.0. The van der Waals surface area contributed by atoms with Crippen LogP contribution in [0, 0.1) is 0 Å². The number of nitrogens with one attached hydrogen (secondary N) is 1. The molecule has 2 aromatic rings. The number of rotatable bonds is 3. The van der Waals surface area contributed by atoms with Gasteiger partial charge in [0.05, 0.1) is 0 Å². The molecule has 0 radical (unpaired) electrons. The van der Waals surface area contributed by atoms with Crippen molar-refractivity contribution in [2.45, 2.75) is 6.04 Å². The van der Waals surface area contributed by atoms with E-state index >= 15 is 0 Å². The molecule has 1 heterocycles. The molecule has 0 unspecified atom stereocenters. The Kier molecular flexibility index (Phi) is 3.60. The van der Waals surface area contributed by atoms with E-state index < -0.39 is 6.04 Å². The molecule has 0 bridgehead atoms. The van der Waals surface area contributed by atoms with Crippen LogP contribution in [0.15, 0.2) is 56.5 Å². The van der Waals surface area contributed by atoms with Gasteiger partial charge in [-0.1, -0.05) is 0 Å². The fourth-order valence-corrected chi connectivity index (χ4v) is 3.08. The summed E-state index contributed by atoms with van der Waals surface area (Å²) in [7, 11) is 0. The molecule has 3 N–H and O–H groups in total. The van der Waals surface area contributed by atoms with Crippen LogP contribution in [0.5, 0.6) is 0 Å². The molecule has 6 heteroatoms. The van der Waals surface area contributed by atoms with E-state index in [1.807, 2.05) is 48.5 Å². The summed E-state index contributed by atoms with van der Waals surface area (Å²) >= 11 is -0.120. The maximum atomic E-state index is 12.2. The molecule has 0 spiro atoms. The van der Waals surface area contributed by atoms with Crippen molar-refractivity contribution < 1.29 is 4.79 Å². The van der Waals surface area contributed by atoms with Crippen molar-refractivity contribution in [2.24, 2.45) is 13.7 Å². The molecule has 5 nitrogen and oxygen atoms in total. The third-order valence-electron chi connectivity index (χ3n) is 2.99. The average Bonchev–Trinajstić information content (AvgIpc) is 2.97. The van der Waals surface area contributed by atoms with Gasteiger partial charge in [0.15, 0.2) is 0 Å². The van der Waals surface area contributed by atoms with Gasteiger partial charge in [-0.05, 0) is 0 Å². The number of carbonyl (C=O) groups excluding carboxylic acids is 1. The van der Waals surface area contributed by atoms with Gasteiger partial charge in [-0.25, -0.2) is 0 Å². The summed E-state index contributed by atoms with van der Waals surface area (Å²) in [6.07, 6.45) is 0. The number of amides is 1. The van der Waals surface area contributed by atoms with Crippen LogP contribution in [-0.4, -0.2) is 20.5 Å². The van der Waals surface area contributed by atoms with Crippen molar-refractivity contribution in [2.75, 3.05) is 5.32 Å². The first-order chi connectivity index (χ1) is 9.75. The molecule has 0 aliphatic carbocycles. The number of nitrogens with zero attached hydrogens (tertiary/aromatic N) is 2. The van der Waals surface area contributed by atoms with Crippen LogP contribution in [0.4, 0.5) is 17.1 Å². The quantitative estimate of drug-likeness (QED) is 0.724. The summed E-state index contributed by atoms with van der Waals surface area (Å²) in [5, 5.41) is 2.83. The summed E-state index contributed by atoms with van der Waals surface area (Å²) in [5.74, 6) is -0.251. The van der Waals surface area contributed by atoms with Gasteiger partial charge in [0.2, 0.25) is 0 Å². The SMILES string of the molecule is N[C@H](C(=O)Nc1cccc2c1N=[Se]=N2)c1ccccc1. The molecule has 0 saturated heterocycles. The molecule has 1 aliphatic heterocycles. The van der Waals surface area contributed by atoms with Gasteiger partial charge in [0.25, 0.3) is 0 Å². The summed E-state index contributed by atoms with van der Waals surface area (Å²) in [5.41, 5.74) is 9.00. The van der Waals surface area contributed by atoms with Crippen molar-refractivity contribution in [3.05, 3.63) is 54.1 Å². The van der Waals surface area contributed by atoms with Gasteiger partial charge in [-0.3, -0.25) is 0 Å². The Hall–Kier alpha value is -2.01. The van der Waals surface area contributed by atoms with Gasteiger partial charge in [-0.15, -0.1) is 0 Å². The molecular weight excluding hydrogens is 319 g/mol. The van der Waals surface area contributed by atoms with E-state index in [1.54, 1.807) is 0 Å². The monoisotopic (exact) mass is 332 g/mol. The number of hydrogen-bond acceptors (Lipinski definition) is 4. The zero-order valence-electron chi connectivity index (χ0n) is 10.5. The number of fused-ring (bicyclic) bond motifs is 1. The van der Waals surface area contributed by atoms with E-state index in [2.05, 4.69) is 13.2 Å². The van der Waals surface area contributed by atoms with Gasteiger partial charge >= 0.3 is 121 Å². The molecule has 100 valence electrons. The van der Waals surface area contributed by atoms with E-state index in [-0.39, 0.29) is 20.5 Å². The van der Waals surface area contributed by atoms with Gasteiger partial charge in [0.1, 0.15) is 0 Å². The van der Waals surface area contributed by atoms with Crippen LogP contribution in [0.3, 0.4) is 0 Å². The molecule has 0 saturated carbocycles. The molecule has 1 aliphatic rings. The van der Waals surface area contributed by atoms with Crippen molar-refractivity contribution in [1.82, 2.24) is 0 Å². The van der Waals surface area contributed by atoms with Gasteiger partial charge in [0, 0.05) is 0 Å². The van der Waals surface area contributed by atoms with Crippen molar-refractivity contribution in [1.29, 1.82) is 0 Å². The van der Waals surface area contributed by atoms with Gasteiger partial charge in [-0.2, -0.15) is 0 Å². The summed E-state index contributed by atoms with van der Waals surface area (Å²) in [6.45, 7) is 0. The predicted molar refractivity (Wildman–Crippen MR) is 78.4 cm³/mol. The Balaban J connectivity index is 1.81. The molecule has 0 aromatic heterocycles. The first-order valence-electron chi connectivity index (χ1n) is 6.08. The number of carbonyl (C=O) groups is 1. The number of nitrogens with two attached hydrogens (primary N) is 1. The maximum absolute atomic E-state index is 12.2. The average molecular weight is 331 g/mol. The van der Waals surface area contributed by atoms with E-state index in [0.29, 0.717) is 5.69 Å². The zero-order valence-corrected chi connectivity index (χ0v) is 12.2. The third-order valence-corrected chi connectivity index (χ3v) is 4.12. The fourth-order valence-electron chi connectivity index (χ4n) is 1.93. The Bertz CT molecular complexity index is 723. The second-order valence-electron chi connectivity index (χ2n) is 4.32.